The van der Waals surface area contributed by atoms with Crippen LogP contribution in [0.5, 0.6) is 0 Å². The van der Waals surface area contributed by atoms with Gasteiger partial charge in [0.1, 0.15) is 0 Å². The molecular weight excluding hydrogens is 289 g/mol. The zero-order valence-electron chi connectivity index (χ0n) is 9.01. The van der Waals surface area contributed by atoms with Crippen molar-refractivity contribution < 1.29 is 4.74 Å². The molecule has 0 amide bonds. The van der Waals surface area contributed by atoms with Gasteiger partial charge in [-0.25, -0.2) is 0 Å². The maximum absolute atomic E-state index is 6.08. The Kier molecular flexibility index (Phi) is 4.50. The lowest BCUT2D eigenvalue weighted by molar-refractivity contribution is 0.107. The van der Waals surface area contributed by atoms with E-state index in [0.29, 0.717) is 6.10 Å². The summed E-state index contributed by atoms with van der Waals surface area (Å²) in [6.45, 7) is 1.82. The van der Waals surface area contributed by atoms with Crippen molar-refractivity contribution in [1.29, 1.82) is 0 Å². The first-order valence-electron chi connectivity index (χ1n) is 5.56. The van der Waals surface area contributed by atoms with Crippen LogP contribution in [0, 0.1) is 0 Å². The molecule has 1 saturated heterocycles. The van der Waals surface area contributed by atoms with Crippen molar-refractivity contribution in [2.24, 2.45) is 0 Å². The fraction of sp³-hybridized carbons (Fsp3) is 0.500. The van der Waals surface area contributed by atoms with Crippen molar-refractivity contribution in [3.05, 3.63) is 27.7 Å². The number of nitrogens with one attached hydrogen (secondary N) is 1. The van der Waals surface area contributed by atoms with E-state index in [0.717, 1.165) is 34.8 Å². The van der Waals surface area contributed by atoms with Gasteiger partial charge in [0.2, 0.25) is 0 Å². The van der Waals surface area contributed by atoms with Crippen LogP contribution in [0.2, 0.25) is 5.02 Å². The summed E-state index contributed by atoms with van der Waals surface area (Å²) < 4.78 is 6.60. The van der Waals surface area contributed by atoms with Crippen LogP contribution in [0.4, 0.5) is 5.69 Å². The van der Waals surface area contributed by atoms with Gasteiger partial charge in [-0.3, -0.25) is 0 Å². The number of anilines is 1. The highest BCUT2D eigenvalue weighted by molar-refractivity contribution is 9.10. The molecule has 0 radical (unpaired) electrons. The molecule has 1 heterocycles. The normalized spacial score (nSPS) is 20.0. The average molecular weight is 305 g/mol. The molecule has 1 aliphatic heterocycles. The molecule has 0 aromatic heterocycles. The smallest absolute Gasteiger partial charge is 0.0638 e. The number of ether oxygens (including phenoxy) is 1. The Hall–Kier alpha value is -0.250. The number of hydrogen-bond donors (Lipinski definition) is 1. The molecule has 4 heteroatoms. The largest absolute Gasteiger partial charge is 0.384 e. The predicted molar refractivity (Wildman–Crippen MR) is 71.2 cm³/mol. The van der Waals surface area contributed by atoms with E-state index in [1.807, 2.05) is 18.2 Å². The summed E-state index contributed by atoms with van der Waals surface area (Å²) in [6.07, 6.45) is 3.86. The van der Waals surface area contributed by atoms with Crippen LogP contribution in [0.1, 0.15) is 19.3 Å². The summed E-state index contributed by atoms with van der Waals surface area (Å²) in [7, 11) is 0. The standard InChI is InChI=1S/C12H15BrClNO/c13-9-3-4-11(14)12(8-9)15-6-5-10-2-1-7-16-10/h3-4,8,10,15H,1-2,5-7H2. The first kappa shape index (κ1) is 12.2. The van der Waals surface area contributed by atoms with Gasteiger partial charge in [-0.05, 0) is 37.5 Å². The molecule has 16 heavy (non-hydrogen) atoms. The maximum atomic E-state index is 6.08. The minimum atomic E-state index is 0.429. The molecule has 0 aliphatic carbocycles. The Morgan fingerprint density at radius 2 is 2.38 bits per heavy atom. The molecular formula is C12H15BrClNO. The molecule has 1 atom stereocenters. The number of halogens is 2. The summed E-state index contributed by atoms with van der Waals surface area (Å²) in [5, 5.41) is 4.10. The fourth-order valence-electron chi connectivity index (χ4n) is 1.87. The van der Waals surface area contributed by atoms with Gasteiger partial charge in [-0.1, -0.05) is 27.5 Å². The zero-order chi connectivity index (χ0) is 11.4. The summed E-state index contributed by atoms with van der Waals surface area (Å²) in [4.78, 5) is 0. The van der Waals surface area contributed by atoms with Gasteiger partial charge in [-0.15, -0.1) is 0 Å². The molecule has 1 aromatic rings. The van der Waals surface area contributed by atoms with Crippen molar-refractivity contribution in [3.63, 3.8) is 0 Å². The van der Waals surface area contributed by atoms with Crippen LogP contribution >= 0.6 is 27.5 Å². The van der Waals surface area contributed by atoms with Gasteiger partial charge in [0.25, 0.3) is 0 Å². The van der Waals surface area contributed by atoms with E-state index >= 15 is 0 Å². The van der Waals surface area contributed by atoms with E-state index in [-0.39, 0.29) is 0 Å². The maximum Gasteiger partial charge on any atom is 0.0638 e. The second-order valence-electron chi connectivity index (χ2n) is 3.97. The molecule has 1 N–H and O–H groups in total. The van der Waals surface area contributed by atoms with Crippen molar-refractivity contribution >= 4 is 33.2 Å². The lowest BCUT2D eigenvalue weighted by atomic mass is 10.2. The molecule has 1 unspecified atom stereocenters. The number of benzene rings is 1. The van der Waals surface area contributed by atoms with E-state index in [4.69, 9.17) is 16.3 Å². The second-order valence-corrected chi connectivity index (χ2v) is 5.30. The average Bonchev–Trinajstić information content (AvgIpc) is 2.76. The van der Waals surface area contributed by atoms with Crippen molar-refractivity contribution in [2.45, 2.75) is 25.4 Å². The Balaban J connectivity index is 1.82. The topological polar surface area (TPSA) is 21.3 Å². The van der Waals surface area contributed by atoms with E-state index in [9.17, 15) is 0 Å². The van der Waals surface area contributed by atoms with E-state index in [1.165, 1.54) is 12.8 Å². The quantitative estimate of drug-likeness (QED) is 0.905. The monoisotopic (exact) mass is 303 g/mol. The molecule has 0 spiro atoms. The molecule has 1 aliphatic rings. The predicted octanol–water partition coefficient (Wildman–Crippen LogP) is 4.08. The van der Waals surface area contributed by atoms with Crippen LogP contribution < -0.4 is 5.32 Å². The molecule has 2 nitrogen and oxygen atoms in total. The molecule has 2 rings (SSSR count). The Morgan fingerprint density at radius 3 is 3.12 bits per heavy atom. The van der Waals surface area contributed by atoms with E-state index < -0.39 is 0 Å². The van der Waals surface area contributed by atoms with Crippen LogP contribution in [-0.2, 0) is 4.74 Å². The first-order chi connectivity index (χ1) is 7.75. The van der Waals surface area contributed by atoms with Crippen LogP contribution in [0.25, 0.3) is 0 Å². The van der Waals surface area contributed by atoms with Crippen LogP contribution in [-0.4, -0.2) is 19.3 Å². The molecule has 0 saturated carbocycles. The highest BCUT2D eigenvalue weighted by atomic mass is 79.9. The first-order valence-corrected chi connectivity index (χ1v) is 6.73. The summed E-state index contributed by atoms with van der Waals surface area (Å²) >= 11 is 9.51. The van der Waals surface area contributed by atoms with Crippen LogP contribution in [0.3, 0.4) is 0 Å². The Morgan fingerprint density at radius 1 is 1.50 bits per heavy atom. The summed E-state index contributed by atoms with van der Waals surface area (Å²) in [6, 6.07) is 5.82. The molecule has 1 aromatic carbocycles. The van der Waals surface area contributed by atoms with Crippen molar-refractivity contribution in [2.75, 3.05) is 18.5 Å². The third-order valence-corrected chi connectivity index (χ3v) is 3.56. The molecule has 88 valence electrons. The number of hydrogen-bond acceptors (Lipinski definition) is 2. The van der Waals surface area contributed by atoms with Gasteiger partial charge in [-0.2, -0.15) is 0 Å². The summed E-state index contributed by atoms with van der Waals surface area (Å²) in [5.74, 6) is 0. The SMILES string of the molecule is Clc1ccc(Br)cc1NCCC1CCCO1. The summed E-state index contributed by atoms with van der Waals surface area (Å²) in [5.41, 5.74) is 0.981. The molecule has 1 fully saturated rings. The second kappa shape index (κ2) is 5.89. The van der Waals surface area contributed by atoms with Gasteiger partial charge >= 0.3 is 0 Å². The number of rotatable bonds is 4. The third-order valence-electron chi connectivity index (χ3n) is 2.73. The van der Waals surface area contributed by atoms with Gasteiger partial charge < -0.3 is 10.1 Å². The third kappa shape index (κ3) is 3.37. The van der Waals surface area contributed by atoms with E-state index in [2.05, 4.69) is 21.2 Å². The van der Waals surface area contributed by atoms with Crippen LogP contribution in [0.15, 0.2) is 22.7 Å². The lowest BCUT2D eigenvalue weighted by Crippen LogP contribution is -2.12. The fourth-order valence-corrected chi connectivity index (χ4v) is 2.42. The van der Waals surface area contributed by atoms with Gasteiger partial charge in [0, 0.05) is 17.6 Å². The van der Waals surface area contributed by atoms with E-state index in [1.54, 1.807) is 0 Å². The Bertz CT molecular complexity index is 353. The minimum absolute atomic E-state index is 0.429. The Labute approximate surface area is 109 Å². The molecule has 0 bridgehead atoms. The van der Waals surface area contributed by atoms with Crippen molar-refractivity contribution in [1.82, 2.24) is 0 Å². The zero-order valence-corrected chi connectivity index (χ0v) is 11.4. The van der Waals surface area contributed by atoms with Gasteiger partial charge in [0.15, 0.2) is 0 Å². The highest BCUT2D eigenvalue weighted by Gasteiger charge is 2.14. The van der Waals surface area contributed by atoms with Gasteiger partial charge in [0.05, 0.1) is 16.8 Å². The highest BCUT2D eigenvalue weighted by Crippen LogP contribution is 2.26. The lowest BCUT2D eigenvalue weighted by Gasteiger charge is -2.12. The minimum Gasteiger partial charge on any atom is -0.384 e. The van der Waals surface area contributed by atoms with Crippen molar-refractivity contribution in [3.8, 4) is 0 Å².